The van der Waals surface area contributed by atoms with E-state index in [0.29, 0.717) is 34.4 Å². The summed E-state index contributed by atoms with van der Waals surface area (Å²) in [6.45, 7) is 0.401. The number of carbonyl (C=O) groups is 1. The summed E-state index contributed by atoms with van der Waals surface area (Å²) in [5.41, 5.74) is 2.13. The van der Waals surface area contributed by atoms with E-state index in [-0.39, 0.29) is 5.57 Å². The number of hydrogen-bond donors (Lipinski definition) is 1. The Labute approximate surface area is 180 Å². The first-order chi connectivity index (χ1) is 14.6. The topological polar surface area (TPSA) is 71.3 Å². The number of amides is 1. The van der Waals surface area contributed by atoms with Gasteiger partial charge in [0.1, 0.15) is 18.2 Å². The Bertz CT molecular complexity index is 1100. The second-order valence-electron chi connectivity index (χ2n) is 6.32. The molecule has 0 aromatic heterocycles. The van der Waals surface area contributed by atoms with E-state index in [9.17, 15) is 10.1 Å². The summed E-state index contributed by atoms with van der Waals surface area (Å²) in [6, 6.07) is 23.6. The molecule has 0 atom stereocenters. The van der Waals surface area contributed by atoms with Crippen LogP contribution in [-0.2, 0) is 11.4 Å². The molecule has 0 aliphatic carbocycles. The minimum absolute atomic E-state index is 0.0463. The minimum Gasteiger partial charge on any atom is -0.493 e. The summed E-state index contributed by atoms with van der Waals surface area (Å²) in [6.07, 6.45) is 1.49. The molecule has 0 radical (unpaired) electrons. The van der Waals surface area contributed by atoms with Crippen molar-refractivity contribution < 1.29 is 14.3 Å². The Kier molecular flexibility index (Phi) is 7.09. The Morgan fingerprint density at radius 2 is 1.87 bits per heavy atom. The summed E-state index contributed by atoms with van der Waals surface area (Å²) in [5.74, 6) is 0.552. The van der Waals surface area contributed by atoms with E-state index in [1.807, 2.05) is 36.4 Å². The second kappa shape index (κ2) is 10.1. The molecule has 1 amide bonds. The number of benzene rings is 3. The first-order valence-corrected chi connectivity index (χ1v) is 9.50. The van der Waals surface area contributed by atoms with E-state index >= 15 is 0 Å². The maximum absolute atomic E-state index is 12.4. The molecule has 0 saturated carbocycles. The molecule has 0 saturated heterocycles. The summed E-state index contributed by atoms with van der Waals surface area (Å²) >= 11 is 5.93. The van der Waals surface area contributed by atoms with Gasteiger partial charge in [-0.15, -0.1) is 0 Å². The highest BCUT2D eigenvalue weighted by atomic mass is 35.5. The van der Waals surface area contributed by atoms with Gasteiger partial charge in [0.05, 0.1) is 7.11 Å². The van der Waals surface area contributed by atoms with Crippen molar-refractivity contribution in [3.05, 3.63) is 94.5 Å². The van der Waals surface area contributed by atoms with Gasteiger partial charge in [-0.05, 0) is 47.5 Å². The van der Waals surface area contributed by atoms with Crippen molar-refractivity contribution in [3.63, 3.8) is 0 Å². The molecule has 0 aliphatic heterocycles. The maximum atomic E-state index is 12.4. The zero-order valence-corrected chi connectivity index (χ0v) is 17.0. The number of nitrogens with zero attached hydrogens (tertiary/aromatic N) is 1. The first kappa shape index (κ1) is 21.0. The highest BCUT2D eigenvalue weighted by Gasteiger charge is 2.11. The van der Waals surface area contributed by atoms with Gasteiger partial charge in [-0.3, -0.25) is 4.79 Å². The third-order valence-corrected chi connectivity index (χ3v) is 4.42. The zero-order chi connectivity index (χ0) is 21.3. The van der Waals surface area contributed by atoms with Crippen LogP contribution in [-0.4, -0.2) is 13.0 Å². The van der Waals surface area contributed by atoms with Crippen molar-refractivity contribution in [3.8, 4) is 17.6 Å². The number of hydrogen-bond acceptors (Lipinski definition) is 4. The van der Waals surface area contributed by atoms with Crippen LogP contribution < -0.4 is 14.8 Å². The van der Waals surface area contributed by atoms with Gasteiger partial charge in [0.25, 0.3) is 5.91 Å². The van der Waals surface area contributed by atoms with Crippen molar-refractivity contribution in [2.45, 2.75) is 6.61 Å². The van der Waals surface area contributed by atoms with Crippen LogP contribution in [0, 0.1) is 11.3 Å². The molecular weight excluding hydrogens is 400 g/mol. The van der Waals surface area contributed by atoms with Crippen molar-refractivity contribution in [2.24, 2.45) is 0 Å². The van der Waals surface area contributed by atoms with E-state index in [2.05, 4.69) is 5.32 Å². The molecule has 0 aliphatic rings. The molecule has 1 N–H and O–H groups in total. The van der Waals surface area contributed by atoms with Crippen LogP contribution in [0.3, 0.4) is 0 Å². The lowest BCUT2D eigenvalue weighted by molar-refractivity contribution is -0.112. The van der Waals surface area contributed by atoms with Crippen LogP contribution in [0.1, 0.15) is 11.1 Å². The summed E-state index contributed by atoms with van der Waals surface area (Å²) in [5, 5.41) is 12.6. The number of nitrogens with one attached hydrogen (secondary N) is 1. The van der Waals surface area contributed by atoms with Crippen LogP contribution in [0.4, 0.5) is 5.69 Å². The predicted molar refractivity (Wildman–Crippen MR) is 117 cm³/mol. The number of nitriles is 1. The van der Waals surface area contributed by atoms with Crippen molar-refractivity contribution in [1.29, 1.82) is 5.26 Å². The molecule has 0 fully saturated rings. The first-order valence-electron chi connectivity index (χ1n) is 9.12. The third-order valence-electron chi connectivity index (χ3n) is 4.18. The van der Waals surface area contributed by atoms with Gasteiger partial charge in [-0.25, -0.2) is 0 Å². The molecule has 0 bridgehead atoms. The smallest absolute Gasteiger partial charge is 0.266 e. The molecular formula is C24H19ClN2O3. The quantitative estimate of drug-likeness (QED) is 0.407. The molecule has 30 heavy (non-hydrogen) atoms. The number of carbonyl (C=O) groups excluding carboxylic acids is 1. The Morgan fingerprint density at radius 1 is 1.07 bits per heavy atom. The van der Waals surface area contributed by atoms with Crippen LogP contribution in [0.5, 0.6) is 11.5 Å². The predicted octanol–water partition coefficient (Wildman–Crippen LogP) is 5.47. The lowest BCUT2D eigenvalue weighted by Crippen LogP contribution is -2.13. The number of anilines is 1. The van der Waals surface area contributed by atoms with Crippen LogP contribution in [0.15, 0.2) is 78.4 Å². The largest absolute Gasteiger partial charge is 0.493 e. The molecule has 5 nitrogen and oxygen atoms in total. The molecule has 0 unspecified atom stereocenters. The fraction of sp³-hybridized carbons (Fsp3) is 0.0833. The molecule has 3 aromatic carbocycles. The highest BCUT2D eigenvalue weighted by Crippen LogP contribution is 2.30. The van der Waals surface area contributed by atoms with Gasteiger partial charge < -0.3 is 14.8 Å². The standard InChI is InChI=1S/C24H19ClN2O3/c1-29-23-13-18(10-11-22(23)30-16-17-6-3-2-4-7-17)12-19(15-26)24(28)27-21-9-5-8-20(25)14-21/h2-14H,16H2,1H3,(H,27,28)/b19-12+. The zero-order valence-electron chi connectivity index (χ0n) is 16.3. The van der Waals surface area contributed by atoms with E-state index in [0.717, 1.165) is 5.56 Å². The highest BCUT2D eigenvalue weighted by molar-refractivity contribution is 6.31. The average Bonchev–Trinajstić information content (AvgIpc) is 2.77. The average molecular weight is 419 g/mol. The van der Waals surface area contributed by atoms with Crippen LogP contribution in [0.2, 0.25) is 5.02 Å². The Morgan fingerprint density at radius 3 is 2.57 bits per heavy atom. The maximum Gasteiger partial charge on any atom is 0.266 e. The lowest BCUT2D eigenvalue weighted by atomic mass is 10.1. The Balaban J connectivity index is 1.75. The van der Waals surface area contributed by atoms with E-state index in [4.69, 9.17) is 21.1 Å². The summed E-state index contributed by atoms with van der Waals surface area (Å²) in [7, 11) is 1.54. The van der Waals surface area contributed by atoms with E-state index in [1.54, 1.807) is 42.5 Å². The monoisotopic (exact) mass is 418 g/mol. The van der Waals surface area contributed by atoms with Crippen LogP contribution in [0.25, 0.3) is 6.08 Å². The van der Waals surface area contributed by atoms with Gasteiger partial charge in [-0.2, -0.15) is 5.26 Å². The SMILES string of the molecule is COc1cc(/C=C(\C#N)C(=O)Nc2cccc(Cl)c2)ccc1OCc1ccccc1. The van der Waals surface area contributed by atoms with Gasteiger partial charge in [0, 0.05) is 10.7 Å². The van der Waals surface area contributed by atoms with Crippen molar-refractivity contribution in [2.75, 3.05) is 12.4 Å². The normalized spacial score (nSPS) is 10.8. The molecule has 3 aromatic rings. The number of methoxy groups -OCH3 is 1. The molecule has 0 spiro atoms. The van der Waals surface area contributed by atoms with E-state index < -0.39 is 5.91 Å². The molecule has 3 rings (SSSR count). The van der Waals surface area contributed by atoms with Gasteiger partial charge >= 0.3 is 0 Å². The van der Waals surface area contributed by atoms with E-state index in [1.165, 1.54) is 13.2 Å². The number of rotatable bonds is 7. The lowest BCUT2D eigenvalue weighted by Gasteiger charge is -2.11. The summed E-state index contributed by atoms with van der Waals surface area (Å²) in [4.78, 5) is 12.4. The third kappa shape index (κ3) is 5.63. The fourth-order valence-electron chi connectivity index (χ4n) is 2.71. The molecule has 150 valence electrons. The second-order valence-corrected chi connectivity index (χ2v) is 6.76. The minimum atomic E-state index is -0.525. The van der Waals surface area contributed by atoms with Crippen molar-refractivity contribution >= 4 is 29.3 Å². The Hall–Kier alpha value is -3.75. The number of ether oxygens (including phenoxy) is 2. The van der Waals surface area contributed by atoms with Gasteiger partial charge in [0.15, 0.2) is 11.5 Å². The van der Waals surface area contributed by atoms with Crippen LogP contribution >= 0.6 is 11.6 Å². The van der Waals surface area contributed by atoms with Gasteiger partial charge in [0.2, 0.25) is 0 Å². The summed E-state index contributed by atoms with van der Waals surface area (Å²) < 4.78 is 11.2. The van der Waals surface area contributed by atoms with Gasteiger partial charge in [-0.1, -0.05) is 54.1 Å². The number of halogens is 1. The van der Waals surface area contributed by atoms with Crippen molar-refractivity contribution in [1.82, 2.24) is 0 Å². The molecule has 0 heterocycles. The fourth-order valence-corrected chi connectivity index (χ4v) is 2.90. The molecule has 6 heteroatoms.